The fraction of sp³-hybridized carbons (Fsp3) is 0.136. The van der Waals surface area contributed by atoms with Crippen molar-refractivity contribution in [3.8, 4) is 16.3 Å². The summed E-state index contributed by atoms with van der Waals surface area (Å²) in [5.41, 5.74) is 2.06. The van der Waals surface area contributed by atoms with Crippen LogP contribution in [0.1, 0.15) is 16.9 Å². The highest BCUT2D eigenvalue weighted by Crippen LogP contribution is 2.24. The van der Waals surface area contributed by atoms with E-state index in [2.05, 4.69) is 15.4 Å². The third-order valence-corrected chi connectivity index (χ3v) is 7.27. The molecule has 0 spiro atoms. The zero-order valence-corrected chi connectivity index (χ0v) is 18.1. The van der Waals surface area contributed by atoms with Crippen molar-refractivity contribution in [2.24, 2.45) is 0 Å². The standard InChI is InChI=1S/C22H20N4O3S2/c27-21(23-12-7-13-31(28,29)19-10-5-2-6-11-19)20-16-30-22(25-20)17-14-24-26(15-17)18-8-3-1-4-9-18/h1-6,8-11,14-16H,7,12-13H2,(H,23,27). The van der Waals surface area contributed by atoms with E-state index in [1.54, 1.807) is 46.6 Å². The van der Waals surface area contributed by atoms with Crippen LogP contribution < -0.4 is 5.32 Å². The topological polar surface area (TPSA) is 94.0 Å². The molecule has 0 unspecified atom stereocenters. The van der Waals surface area contributed by atoms with Crippen molar-refractivity contribution >= 4 is 27.1 Å². The molecule has 0 aliphatic rings. The summed E-state index contributed by atoms with van der Waals surface area (Å²) >= 11 is 1.36. The lowest BCUT2D eigenvalue weighted by Crippen LogP contribution is -2.26. The molecular weight excluding hydrogens is 432 g/mol. The van der Waals surface area contributed by atoms with Gasteiger partial charge in [0.1, 0.15) is 10.7 Å². The molecular formula is C22H20N4O3S2. The summed E-state index contributed by atoms with van der Waals surface area (Å²) in [6.07, 6.45) is 3.90. The van der Waals surface area contributed by atoms with Gasteiger partial charge < -0.3 is 5.32 Å². The van der Waals surface area contributed by atoms with Crippen LogP contribution in [0, 0.1) is 0 Å². The van der Waals surface area contributed by atoms with Crippen LogP contribution in [0.5, 0.6) is 0 Å². The second-order valence-electron chi connectivity index (χ2n) is 6.79. The first kappa shape index (κ1) is 21.0. The zero-order chi connectivity index (χ0) is 21.7. The predicted molar refractivity (Wildman–Crippen MR) is 120 cm³/mol. The Bertz CT molecular complexity index is 1270. The van der Waals surface area contributed by atoms with Gasteiger partial charge in [-0.1, -0.05) is 36.4 Å². The minimum absolute atomic E-state index is 0.0295. The van der Waals surface area contributed by atoms with Gasteiger partial charge in [-0.2, -0.15) is 5.10 Å². The van der Waals surface area contributed by atoms with Crippen LogP contribution in [-0.4, -0.2) is 41.4 Å². The van der Waals surface area contributed by atoms with Crippen molar-refractivity contribution in [2.45, 2.75) is 11.3 Å². The number of carbonyl (C=O) groups is 1. The van der Waals surface area contributed by atoms with Gasteiger partial charge in [-0.3, -0.25) is 4.79 Å². The lowest BCUT2D eigenvalue weighted by Gasteiger charge is -2.05. The molecule has 0 aliphatic heterocycles. The maximum Gasteiger partial charge on any atom is 0.270 e. The lowest BCUT2D eigenvalue weighted by molar-refractivity contribution is 0.0949. The second-order valence-corrected chi connectivity index (χ2v) is 9.76. The van der Waals surface area contributed by atoms with Gasteiger partial charge in [0.05, 0.1) is 22.5 Å². The average Bonchev–Trinajstić information content (AvgIpc) is 3.48. The minimum atomic E-state index is -3.35. The van der Waals surface area contributed by atoms with E-state index in [1.165, 1.54) is 11.3 Å². The Morgan fingerprint density at radius 3 is 2.48 bits per heavy atom. The highest BCUT2D eigenvalue weighted by atomic mass is 32.2. The predicted octanol–water partition coefficient (Wildman–Crippen LogP) is 3.59. The van der Waals surface area contributed by atoms with Crippen LogP contribution >= 0.6 is 11.3 Å². The van der Waals surface area contributed by atoms with E-state index < -0.39 is 9.84 Å². The first-order valence-corrected chi connectivity index (χ1v) is 12.2. The van der Waals surface area contributed by atoms with Gasteiger partial charge >= 0.3 is 0 Å². The first-order chi connectivity index (χ1) is 15.0. The Balaban J connectivity index is 1.32. The molecule has 31 heavy (non-hydrogen) atoms. The van der Waals surface area contributed by atoms with Crippen molar-refractivity contribution in [1.82, 2.24) is 20.1 Å². The summed E-state index contributed by atoms with van der Waals surface area (Å²) in [7, 11) is -3.35. The molecule has 0 saturated carbocycles. The van der Waals surface area contributed by atoms with Gasteiger partial charge in [-0.05, 0) is 30.7 Å². The first-order valence-electron chi connectivity index (χ1n) is 9.65. The van der Waals surface area contributed by atoms with Crippen molar-refractivity contribution in [2.75, 3.05) is 12.3 Å². The van der Waals surface area contributed by atoms with Crippen LogP contribution in [0.25, 0.3) is 16.3 Å². The van der Waals surface area contributed by atoms with Crippen molar-refractivity contribution < 1.29 is 13.2 Å². The Kier molecular flexibility index (Phi) is 6.24. The number of aromatic nitrogens is 3. The number of sulfone groups is 1. The maximum atomic E-state index is 12.4. The van der Waals surface area contributed by atoms with Crippen LogP contribution in [0.3, 0.4) is 0 Å². The molecule has 0 aliphatic carbocycles. The van der Waals surface area contributed by atoms with Gasteiger partial charge in [0.25, 0.3) is 5.91 Å². The summed E-state index contributed by atoms with van der Waals surface area (Å²) < 4.78 is 26.3. The number of nitrogens with one attached hydrogen (secondary N) is 1. The Morgan fingerprint density at radius 2 is 1.74 bits per heavy atom. The summed E-state index contributed by atoms with van der Waals surface area (Å²) in [6.45, 7) is 0.254. The van der Waals surface area contributed by atoms with Crippen LogP contribution in [0.15, 0.2) is 83.3 Å². The SMILES string of the molecule is O=C(NCCCS(=O)(=O)c1ccccc1)c1csc(-c2cnn(-c3ccccc3)c2)n1. The molecule has 2 heterocycles. The molecule has 7 nitrogen and oxygen atoms in total. The van der Waals surface area contributed by atoms with E-state index >= 15 is 0 Å². The van der Waals surface area contributed by atoms with Crippen molar-refractivity contribution in [1.29, 1.82) is 0 Å². The van der Waals surface area contributed by atoms with Crippen LogP contribution in [-0.2, 0) is 9.84 Å². The number of benzene rings is 2. The molecule has 2 aromatic heterocycles. The highest BCUT2D eigenvalue weighted by molar-refractivity contribution is 7.91. The molecule has 0 fully saturated rings. The van der Waals surface area contributed by atoms with Crippen molar-refractivity contribution in [3.63, 3.8) is 0 Å². The Labute approximate surface area is 184 Å². The zero-order valence-electron chi connectivity index (χ0n) is 16.5. The second kappa shape index (κ2) is 9.23. The molecule has 0 radical (unpaired) electrons. The third kappa shape index (κ3) is 5.07. The number of amides is 1. The summed E-state index contributed by atoms with van der Waals surface area (Å²) in [4.78, 5) is 17.1. The van der Waals surface area contributed by atoms with Gasteiger partial charge in [0.2, 0.25) is 0 Å². The molecule has 2 aromatic carbocycles. The number of carbonyl (C=O) groups excluding carboxylic acids is 1. The van der Waals surface area contributed by atoms with E-state index in [-0.39, 0.29) is 18.2 Å². The van der Waals surface area contributed by atoms with E-state index in [9.17, 15) is 13.2 Å². The fourth-order valence-electron chi connectivity index (χ4n) is 2.97. The number of nitrogens with zero attached hydrogens (tertiary/aromatic N) is 3. The molecule has 0 saturated heterocycles. The largest absolute Gasteiger partial charge is 0.351 e. The maximum absolute atomic E-state index is 12.4. The fourth-order valence-corrected chi connectivity index (χ4v) is 5.07. The summed E-state index contributed by atoms with van der Waals surface area (Å²) in [5.74, 6) is -0.354. The van der Waals surface area contributed by atoms with E-state index in [0.717, 1.165) is 11.3 Å². The number of rotatable bonds is 8. The number of hydrogen-bond acceptors (Lipinski definition) is 6. The third-order valence-electron chi connectivity index (χ3n) is 4.56. The monoisotopic (exact) mass is 452 g/mol. The van der Waals surface area contributed by atoms with Crippen LogP contribution in [0.4, 0.5) is 0 Å². The number of hydrogen-bond donors (Lipinski definition) is 1. The van der Waals surface area contributed by atoms with E-state index in [4.69, 9.17) is 0 Å². The van der Waals surface area contributed by atoms with Gasteiger partial charge in [0, 0.05) is 23.7 Å². The normalized spacial score (nSPS) is 11.4. The molecule has 158 valence electrons. The number of para-hydroxylation sites is 1. The highest BCUT2D eigenvalue weighted by Gasteiger charge is 2.15. The summed E-state index contributed by atoms with van der Waals surface area (Å²) in [5, 5.41) is 9.47. The lowest BCUT2D eigenvalue weighted by atomic mass is 10.3. The number of thiazole rings is 1. The van der Waals surface area contributed by atoms with Gasteiger partial charge in [-0.15, -0.1) is 11.3 Å². The molecule has 0 atom stereocenters. The molecule has 4 aromatic rings. The molecule has 1 N–H and O–H groups in total. The minimum Gasteiger partial charge on any atom is -0.351 e. The van der Waals surface area contributed by atoms with Crippen molar-refractivity contribution in [3.05, 3.63) is 84.1 Å². The van der Waals surface area contributed by atoms with Gasteiger partial charge in [-0.25, -0.2) is 18.1 Å². The molecule has 9 heteroatoms. The van der Waals surface area contributed by atoms with E-state index in [1.807, 2.05) is 36.5 Å². The quantitative estimate of drug-likeness (QED) is 0.412. The average molecular weight is 453 g/mol. The van der Waals surface area contributed by atoms with Gasteiger partial charge in [0.15, 0.2) is 9.84 Å². The Hall–Kier alpha value is -3.30. The molecule has 1 amide bonds. The summed E-state index contributed by atoms with van der Waals surface area (Å²) in [6, 6.07) is 18.0. The van der Waals surface area contributed by atoms with E-state index in [0.29, 0.717) is 22.0 Å². The molecule has 0 bridgehead atoms. The Morgan fingerprint density at radius 1 is 1.03 bits per heavy atom. The smallest absolute Gasteiger partial charge is 0.270 e. The van der Waals surface area contributed by atoms with Crippen LogP contribution in [0.2, 0.25) is 0 Å². The molecule has 4 rings (SSSR count).